The molecule has 0 saturated heterocycles. The molecule has 1 aromatic heterocycles. The molecule has 1 unspecified atom stereocenters. The molecular weight excluding hydrogens is 462 g/mol. The maximum atomic E-state index is 15.1. The lowest BCUT2D eigenvalue weighted by atomic mass is 9.78. The Labute approximate surface area is 200 Å². The Bertz CT molecular complexity index is 1280. The second kappa shape index (κ2) is 8.44. The van der Waals surface area contributed by atoms with Crippen molar-refractivity contribution in [3.05, 3.63) is 76.4 Å². The van der Waals surface area contributed by atoms with Gasteiger partial charge in [-0.05, 0) is 67.1 Å². The molecule has 2 aliphatic rings. The van der Waals surface area contributed by atoms with Gasteiger partial charge in [0.2, 0.25) is 0 Å². The predicted molar refractivity (Wildman–Crippen MR) is 121 cm³/mol. The maximum absolute atomic E-state index is 15.1. The second-order valence-corrected chi connectivity index (χ2v) is 9.58. The Kier molecular flexibility index (Phi) is 5.66. The Morgan fingerprint density at radius 2 is 1.97 bits per heavy atom. The summed E-state index contributed by atoms with van der Waals surface area (Å²) in [6.45, 7) is 2.06. The normalized spacial score (nSPS) is 17.9. The lowest BCUT2D eigenvalue weighted by Crippen LogP contribution is -2.47. The maximum Gasteiger partial charge on any atom is 0.416 e. The summed E-state index contributed by atoms with van der Waals surface area (Å²) in [6.07, 6.45) is -1.80. The number of nitrogens with one attached hydrogen (secondary N) is 1. The molecule has 1 aliphatic heterocycles. The first kappa shape index (κ1) is 23.5. The zero-order valence-corrected chi connectivity index (χ0v) is 19.4. The van der Waals surface area contributed by atoms with Crippen LogP contribution in [0.1, 0.15) is 70.8 Å². The molecule has 10 heteroatoms. The highest BCUT2D eigenvalue weighted by atomic mass is 19.4. The van der Waals surface area contributed by atoms with Crippen molar-refractivity contribution in [3.8, 4) is 0 Å². The summed E-state index contributed by atoms with van der Waals surface area (Å²) in [5, 5.41) is 10.8. The van der Waals surface area contributed by atoms with Gasteiger partial charge in [-0.25, -0.2) is 4.39 Å². The highest BCUT2D eigenvalue weighted by Gasteiger charge is 2.41. The standard InChI is InChI=1S/C25H25F4N5O/c1-24(7-4-8-24)30-12-15-9-18-19(20(10-15)25(27,28)29)13-34(23(18)35)17-6-3-5-16(11-17)21(26)22-32-31-14-33(22)2/h3,5-6,9-11,14,21,30H,4,7-8,12-13H2,1-2H3. The van der Waals surface area contributed by atoms with E-state index in [1.807, 2.05) is 6.92 Å². The van der Waals surface area contributed by atoms with Crippen LogP contribution in [-0.4, -0.2) is 26.2 Å². The quantitative estimate of drug-likeness (QED) is 0.493. The minimum Gasteiger partial charge on any atom is -0.318 e. The zero-order valence-electron chi connectivity index (χ0n) is 19.4. The molecule has 0 bridgehead atoms. The molecule has 35 heavy (non-hydrogen) atoms. The van der Waals surface area contributed by atoms with E-state index in [9.17, 15) is 18.0 Å². The van der Waals surface area contributed by atoms with Crippen LogP contribution < -0.4 is 10.2 Å². The van der Waals surface area contributed by atoms with Gasteiger partial charge in [0.1, 0.15) is 6.33 Å². The summed E-state index contributed by atoms with van der Waals surface area (Å²) in [5.41, 5.74) is 0.0570. The first-order valence-corrected chi connectivity index (χ1v) is 11.4. The van der Waals surface area contributed by atoms with E-state index in [0.717, 1.165) is 25.3 Å². The number of benzene rings is 2. The lowest BCUT2D eigenvalue weighted by Gasteiger charge is -2.39. The van der Waals surface area contributed by atoms with Crippen molar-refractivity contribution in [1.82, 2.24) is 20.1 Å². The number of fused-ring (bicyclic) bond motifs is 1. The zero-order chi connectivity index (χ0) is 25.0. The number of carbonyl (C=O) groups excluding carboxylic acids is 1. The largest absolute Gasteiger partial charge is 0.416 e. The molecule has 2 aromatic carbocycles. The number of hydrogen-bond donors (Lipinski definition) is 1. The predicted octanol–water partition coefficient (Wildman–Crippen LogP) is 5.09. The van der Waals surface area contributed by atoms with E-state index in [4.69, 9.17) is 0 Å². The van der Waals surface area contributed by atoms with Crippen molar-refractivity contribution in [2.75, 3.05) is 4.90 Å². The van der Waals surface area contributed by atoms with E-state index in [1.165, 1.54) is 21.9 Å². The number of rotatable bonds is 6. The van der Waals surface area contributed by atoms with Crippen molar-refractivity contribution < 1.29 is 22.4 Å². The Morgan fingerprint density at radius 3 is 2.60 bits per heavy atom. The summed E-state index contributed by atoms with van der Waals surface area (Å²) in [5.74, 6) is -0.441. The van der Waals surface area contributed by atoms with Gasteiger partial charge in [-0.2, -0.15) is 13.2 Å². The third-order valence-electron chi connectivity index (χ3n) is 7.03. The lowest BCUT2D eigenvalue weighted by molar-refractivity contribution is -0.138. The summed E-state index contributed by atoms with van der Waals surface area (Å²) in [6, 6.07) is 8.85. The van der Waals surface area contributed by atoms with Crippen LogP contribution in [0.3, 0.4) is 0 Å². The van der Waals surface area contributed by atoms with Crippen molar-refractivity contribution in [3.63, 3.8) is 0 Å². The average Bonchev–Trinajstić information content (AvgIpc) is 3.38. The van der Waals surface area contributed by atoms with E-state index in [-0.39, 0.29) is 41.1 Å². The van der Waals surface area contributed by atoms with Crippen LogP contribution in [0.25, 0.3) is 0 Å². The third kappa shape index (κ3) is 4.31. The number of carbonyl (C=O) groups is 1. The summed E-state index contributed by atoms with van der Waals surface area (Å²) in [7, 11) is 1.61. The van der Waals surface area contributed by atoms with E-state index in [1.54, 1.807) is 31.3 Å². The van der Waals surface area contributed by atoms with Crippen molar-refractivity contribution >= 4 is 11.6 Å². The topological polar surface area (TPSA) is 63.1 Å². The second-order valence-electron chi connectivity index (χ2n) is 9.58. The molecule has 1 N–H and O–H groups in total. The molecule has 184 valence electrons. The fourth-order valence-electron chi connectivity index (χ4n) is 4.75. The molecule has 5 rings (SSSR count). The molecular formula is C25H25F4N5O. The number of anilines is 1. The Hall–Kier alpha value is -3.27. The van der Waals surface area contributed by atoms with Gasteiger partial charge in [-0.3, -0.25) is 4.79 Å². The summed E-state index contributed by atoms with van der Waals surface area (Å²) >= 11 is 0. The minimum atomic E-state index is -4.60. The van der Waals surface area contributed by atoms with E-state index in [0.29, 0.717) is 11.3 Å². The van der Waals surface area contributed by atoms with Crippen LogP contribution in [0.15, 0.2) is 42.7 Å². The van der Waals surface area contributed by atoms with E-state index in [2.05, 4.69) is 15.5 Å². The molecule has 2 heterocycles. The number of aromatic nitrogens is 3. The van der Waals surface area contributed by atoms with Gasteiger partial charge >= 0.3 is 6.18 Å². The van der Waals surface area contributed by atoms with Gasteiger partial charge in [-0.15, -0.1) is 10.2 Å². The molecule has 3 aromatic rings. The Morgan fingerprint density at radius 1 is 1.20 bits per heavy atom. The van der Waals surface area contributed by atoms with Gasteiger partial charge < -0.3 is 14.8 Å². The molecule has 1 saturated carbocycles. The molecule has 6 nitrogen and oxygen atoms in total. The van der Waals surface area contributed by atoms with Crippen LogP contribution in [0.5, 0.6) is 0 Å². The molecule has 1 fully saturated rings. The van der Waals surface area contributed by atoms with Gasteiger partial charge in [0.05, 0.1) is 12.1 Å². The van der Waals surface area contributed by atoms with Crippen LogP contribution in [0.4, 0.5) is 23.2 Å². The van der Waals surface area contributed by atoms with Crippen LogP contribution in [0.2, 0.25) is 0 Å². The number of aryl methyl sites for hydroxylation is 1. The van der Waals surface area contributed by atoms with Crippen molar-refractivity contribution in [2.24, 2.45) is 7.05 Å². The highest BCUT2D eigenvalue weighted by Crippen LogP contribution is 2.40. The Balaban J connectivity index is 1.46. The average molecular weight is 488 g/mol. The minimum absolute atomic E-state index is 0.0332. The van der Waals surface area contributed by atoms with E-state index >= 15 is 4.39 Å². The van der Waals surface area contributed by atoms with Gasteiger partial charge in [0, 0.05) is 30.4 Å². The first-order valence-electron chi connectivity index (χ1n) is 11.4. The number of nitrogens with zero attached hydrogens (tertiary/aromatic N) is 4. The van der Waals surface area contributed by atoms with E-state index < -0.39 is 23.8 Å². The summed E-state index contributed by atoms with van der Waals surface area (Å²) in [4.78, 5) is 14.5. The molecule has 1 amide bonds. The van der Waals surface area contributed by atoms with Crippen molar-refractivity contribution in [1.29, 1.82) is 0 Å². The van der Waals surface area contributed by atoms with Crippen LogP contribution >= 0.6 is 0 Å². The number of hydrogen-bond acceptors (Lipinski definition) is 4. The highest BCUT2D eigenvalue weighted by molar-refractivity contribution is 6.10. The first-order chi connectivity index (χ1) is 16.6. The monoisotopic (exact) mass is 487 g/mol. The van der Waals surface area contributed by atoms with Gasteiger partial charge in [-0.1, -0.05) is 12.1 Å². The molecule has 1 aliphatic carbocycles. The fraction of sp³-hybridized carbons (Fsp3) is 0.400. The number of halogens is 4. The number of alkyl halides is 4. The van der Waals surface area contributed by atoms with Gasteiger partial charge in [0.15, 0.2) is 12.0 Å². The number of amides is 1. The van der Waals surface area contributed by atoms with Crippen LogP contribution in [-0.2, 0) is 26.3 Å². The van der Waals surface area contributed by atoms with Crippen LogP contribution in [0, 0.1) is 0 Å². The fourth-order valence-corrected chi connectivity index (χ4v) is 4.75. The smallest absolute Gasteiger partial charge is 0.318 e. The molecule has 1 atom stereocenters. The molecule has 0 spiro atoms. The molecule has 0 radical (unpaired) electrons. The SMILES string of the molecule is Cn1cnnc1C(F)c1cccc(N2Cc3c(cc(CNC4(C)CCC4)cc3C(F)(F)F)C2=O)c1. The van der Waals surface area contributed by atoms with Crippen molar-refractivity contribution in [2.45, 2.75) is 57.2 Å². The third-order valence-corrected chi connectivity index (χ3v) is 7.03. The summed E-state index contributed by atoms with van der Waals surface area (Å²) < 4.78 is 58.5. The van der Waals surface area contributed by atoms with Gasteiger partial charge in [0.25, 0.3) is 5.91 Å².